The average molecular weight is 303 g/mol. The van der Waals surface area contributed by atoms with Crippen LogP contribution in [0, 0.1) is 34.5 Å². The molecule has 124 valence electrons. The molecular weight excluding hydrogens is 268 g/mol. The normalized spacial score (nSPS) is 57.9. The second-order valence-corrected chi connectivity index (χ2v) is 9.96. The van der Waals surface area contributed by atoms with Crippen LogP contribution in [0.25, 0.3) is 0 Å². The average Bonchev–Trinajstić information content (AvgIpc) is 2.76. The van der Waals surface area contributed by atoms with Crippen molar-refractivity contribution in [1.29, 1.82) is 0 Å². The lowest BCUT2D eigenvalue weighted by Gasteiger charge is -2.61. The van der Waals surface area contributed by atoms with Gasteiger partial charge in [-0.05, 0) is 99.2 Å². The molecular formula is C21H34O. The van der Waals surface area contributed by atoms with Crippen molar-refractivity contribution in [2.45, 2.75) is 84.2 Å². The summed E-state index contributed by atoms with van der Waals surface area (Å²) >= 11 is 0. The van der Waals surface area contributed by atoms with Crippen LogP contribution in [-0.4, -0.2) is 10.7 Å². The third kappa shape index (κ3) is 1.93. The van der Waals surface area contributed by atoms with Gasteiger partial charge in [0.1, 0.15) is 0 Å². The lowest BCUT2D eigenvalue weighted by molar-refractivity contribution is -0.139. The highest BCUT2D eigenvalue weighted by Gasteiger charge is 2.59. The van der Waals surface area contributed by atoms with E-state index in [1.807, 2.05) is 0 Å². The first kappa shape index (κ1) is 15.2. The van der Waals surface area contributed by atoms with E-state index in [1.54, 1.807) is 5.57 Å². The fourth-order valence-electron chi connectivity index (χ4n) is 7.34. The predicted molar refractivity (Wildman–Crippen MR) is 91.5 cm³/mol. The van der Waals surface area contributed by atoms with Crippen LogP contribution < -0.4 is 0 Å². The van der Waals surface area contributed by atoms with Crippen LogP contribution in [0.15, 0.2) is 12.2 Å². The van der Waals surface area contributed by atoms with E-state index in [2.05, 4.69) is 27.4 Å². The zero-order valence-electron chi connectivity index (χ0n) is 14.8. The number of rotatable bonds is 0. The van der Waals surface area contributed by atoms with Gasteiger partial charge in [0.05, 0.1) is 5.60 Å². The summed E-state index contributed by atoms with van der Waals surface area (Å²) in [7, 11) is 0. The van der Waals surface area contributed by atoms with Gasteiger partial charge >= 0.3 is 0 Å². The second kappa shape index (κ2) is 4.62. The van der Waals surface area contributed by atoms with Crippen LogP contribution >= 0.6 is 0 Å². The fourth-order valence-corrected chi connectivity index (χ4v) is 7.34. The maximum atomic E-state index is 10.5. The Kier molecular flexibility index (Phi) is 3.20. The van der Waals surface area contributed by atoms with Gasteiger partial charge in [0, 0.05) is 0 Å². The molecule has 0 aromatic carbocycles. The molecule has 1 N–H and O–H groups in total. The van der Waals surface area contributed by atoms with Gasteiger partial charge in [0.15, 0.2) is 0 Å². The minimum absolute atomic E-state index is 0.401. The van der Waals surface area contributed by atoms with Gasteiger partial charge in [-0.1, -0.05) is 26.0 Å². The van der Waals surface area contributed by atoms with Crippen molar-refractivity contribution >= 4 is 0 Å². The molecule has 22 heavy (non-hydrogen) atoms. The Hall–Kier alpha value is -0.300. The minimum atomic E-state index is -0.401. The maximum Gasteiger partial charge on any atom is 0.0622 e. The molecule has 1 heteroatoms. The van der Waals surface area contributed by atoms with Gasteiger partial charge in [0.2, 0.25) is 0 Å². The topological polar surface area (TPSA) is 20.2 Å². The number of fused-ring (bicyclic) bond motifs is 5. The highest BCUT2D eigenvalue weighted by Crippen LogP contribution is 2.67. The standard InChI is InChI=1S/C21H34O/c1-14-5-8-17-16-7-6-15-13-19(2,22)11-12-21(15,4)18(16)9-10-20(14,17)3/h15-18,22H,1,5-13H2,2-4H3/t15-,16-,17-,18-,19-,20+,21-/m0/s1. The van der Waals surface area contributed by atoms with Crippen LogP contribution in [0.5, 0.6) is 0 Å². The smallest absolute Gasteiger partial charge is 0.0622 e. The highest BCUT2D eigenvalue weighted by molar-refractivity contribution is 5.21. The van der Waals surface area contributed by atoms with Gasteiger partial charge in [-0.15, -0.1) is 0 Å². The van der Waals surface area contributed by atoms with Crippen molar-refractivity contribution in [3.8, 4) is 0 Å². The molecule has 0 unspecified atom stereocenters. The molecule has 4 aliphatic rings. The van der Waals surface area contributed by atoms with Gasteiger partial charge in [-0.2, -0.15) is 0 Å². The highest BCUT2D eigenvalue weighted by atomic mass is 16.3. The Morgan fingerprint density at radius 2 is 1.73 bits per heavy atom. The van der Waals surface area contributed by atoms with Crippen LogP contribution in [0.1, 0.15) is 78.6 Å². The molecule has 4 rings (SSSR count). The summed E-state index contributed by atoms with van der Waals surface area (Å²) in [5.41, 5.74) is 2.10. The molecule has 1 nitrogen and oxygen atoms in total. The van der Waals surface area contributed by atoms with Gasteiger partial charge in [0.25, 0.3) is 0 Å². The lowest BCUT2D eigenvalue weighted by Crippen LogP contribution is -2.55. The van der Waals surface area contributed by atoms with E-state index in [4.69, 9.17) is 0 Å². The van der Waals surface area contributed by atoms with Crippen LogP contribution in [0.3, 0.4) is 0 Å². The molecule has 0 aromatic heterocycles. The predicted octanol–water partition coefficient (Wildman–Crippen LogP) is 5.34. The van der Waals surface area contributed by atoms with E-state index >= 15 is 0 Å². The Balaban J connectivity index is 1.63. The van der Waals surface area contributed by atoms with Crippen LogP contribution in [0.4, 0.5) is 0 Å². The van der Waals surface area contributed by atoms with Crippen molar-refractivity contribution in [2.24, 2.45) is 34.5 Å². The van der Waals surface area contributed by atoms with Crippen molar-refractivity contribution < 1.29 is 5.11 Å². The SMILES string of the molecule is C=C1CC[C@H]2[C@@H]3CC[C@H]4C[C@@](C)(O)CC[C@]4(C)[C@H]3CC[C@]12C. The summed E-state index contributed by atoms with van der Waals surface area (Å²) in [5, 5.41) is 10.5. The molecule has 7 atom stereocenters. The molecule has 0 heterocycles. The molecule has 0 spiro atoms. The van der Waals surface area contributed by atoms with Crippen molar-refractivity contribution in [3.05, 3.63) is 12.2 Å². The van der Waals surface area contributed by atoms with E-state index in [9.17, 15) is 5.11 Å². The minimum Gasteiger partial charge on any atom is -0.390 e. The van der Waals surface area contributed by atoms with E-state index in [-0.39, 0.29) is 0 Å². The Morgan fingerprint density at radius 1 is 0.955 bits per heavy atom. The van der Waals surface area contributed by atoms with E-state index in [1.165, 1.54) is 44.9 Å². The van der Waals surface area contributed by atoms with Crippen molar-refractivity contribution in [1.82, 2.24) is 0 Å². The fraction of sp³-hybridized carbons (Fsp3) is 0.905. The third-order valence-electron chi connectivity index (χ3n) is 8.91. The van der Waals surface area contributed by atoms with Crippen LogP contribution in [-0.2, 0) is 0 Å². The monoisotopic (exact) mass is 302 g/mol. The number of aliphatic hydroxyl groups is 1. The molecule has 4 fully saturated rings. The number of hydrogen-bond acceptors (Lipinski definition) is 1. The van der Waals surface area contributed by atoms with Crippen molar-refractivity contribution in [3.63, 3.8) is 0 Å². The van der Waals surface area contributed by atoms with Gasteiger partial charge in [-0.25, -0.2) is 0 Å². The van der Waals surface area contributed by atoms with E-state index in [0.717, 1.165) is 36.5 Å². The van der Waals surface area contributed by atoms with Gasteiger partial charge in [-0.3, -0.25) is 0 Å². The molecule has 0 radical (unpaired) electrons. The molecule has 0 bridgehead atoms. The Labute approximate surface area is 136 Å². The lowest BCUT2D eigenvalue weighted by atomic mass is 9.44. The summed E-state index contributed by atoms with van der Waals surface area (Å²) in [4.78, 5) is 0. The largest absolute Gasteiger partial charge is 0.390 e. The van der Waals surface area contributed by atoms with Crippen LogP contribution in [0.2, 0.25) is 0 Å². The molecule has 0 amide bonds. The molecule has 0 aliphatic heterocycles. The summed E-state index contributed by atoms with van der Waals surface area (Å²) < 4.78 is 0. The van der Waals surface area contributed by atoms with E-state index < -0.39 is 5.60 Å². The zero-order chi connectivity index (χ0) is 15.8. The molecule has 0 saturated heterocycles. The Morgan fingerprint density at radius 3 is 2.50 bits per heavy atom. The quantitative estimate of drug-likeness (QED) is 0.599. The second-order valence-electron chi connectivity index (χ2n) is 9.96. The first-order valence-electron chi connectivity index (χ1n) is 9.67. The third-order valence-corrected chi connectivity index (χ3v) is 8.91. The Bertz CT molecular complexity index is 492. The number of allylic oxidation sites excluding steroid dienone is 1. The summed E-state index contributed by atoms with van der Waals surface area (Å²) in [6.07, 6.45) is 11.5. The first-order chi connectivity index (χ1) is 10.3. The maximum absolute atomic E-state index is 10.5. The van der Waals surface area contributed by atoms with Gasteiger partial charge < -0.3 is 5.11 Å². The number of hydrogen-bond donors (Lipinski definition) is 1. The molecule has 0 aromatic rings. The summed E-state index contributed by atoms with van der Waals surface area (Å²) in [6, 6.07) is 0. The summed E-state index contributed by atoms with van der Waals surface area (Å²) in [6.45, 7) is 11.6. The van der Waals surface area contributed by atoms with Crippen molar-refractivity contribution in [2.75, 3.05) is 0 Å². The zero-order valence-corrected chi connectivity index (χ0v) is 14.8. The summed E-state index contributed by atoms with van der Waals surface area (Å²) in [5.74, 6) is 3.50. The molecule has 4 aliphatic carbocycles. The van der Waals surface area contributed by atoms with E-state index in [0.29, 0.717) is 10.8 Å². The first-order valence-corrected chi connectivity index (χ1v) is 9.67. The molecule has 4 saturated carbocycles.